The Morgan fingerprint density at radius 2 is 1.08 bits per heavy atom. The van der Waals surface area contributed by atoms with Gasteiger partial charge in [0, 0.05) is 0 Å². The molecule has 0 saturated carbocycles. The van der Waals surface area contributed by atoms with E-state index in [1.807, 2.05) is 13.8 Å². The van der Waals surface area contributed by atoms with Gasteiger partial charge in [-0.05, 0) is 94.4 Å². The number of hydrogen-bond donors (Lipinski definition) is 13. The van der Waals surface area contributed by atoms with E-state index in [-0.39, 0.29) is 43.3 Å². The number of hydrogen-bond acceptors (Lipinski definition) is 13. The van der Waals surface area contributed by atoms with Gasteiger partial charge in [0.25, 0.3) is 0 Å². The summed E-state index contributed by atoms with van der Waals surface area (Å²) in [6.07, 6.45) is -0.0652. The standard InChI is InChI=1S/C43H72N10O12/c1-22(2)17-31(50-38(59)29(45)19-27-12-14-28(55)15-13-27)40(61)47-20-33(56)48-25(7)37(58)53-36(26(8)54)42(63)51-32(18-23(3)4)41(62)49-30(11-9-10-16-44)39(60)46-21-34(57)52-35(24(5)6)43(64)65/h12-15,22-26,29-32,35-36,54-55H,9-11,16-21,44-45H2,1-8H3,(H,46,60)(H,47,61)(H,48,56)(H,49,62)(H,50,59)(H,51,63)(H,52,57)(H,53,58)(H,64,65)/t25-,26+,29-,30-,31-,32-,35-,36-/m0/s1. The lowest BCUT2D eigenvalue weighted by Crippen LogP contribution is -2.61. The summed E-state index contributed by atoms with van der Waals surface area (Å²) >= 11 is 0. The van der Waals surface area contributed by atoms with Gasteiger partial charge in [0.1, 0.15) is 42.0 Å². The maximum atomic E-state index is 13.7. The molecule has 0 aliphatic rings. The van der Waals surface area contributed by atoms with Crippen LogP contribution in [0.15, 0.2) is 24.3 Å². The van der Waals surface area contributed by atoms with Gasteiger partial charge < -0.3 is 69.3 Å². The van der Waals surface area contributed by atoms with Gasteiger partial charge in [-0.25, -0.2) is 4.79 Å². The Labute approximate surface area is 380 Å². The van der Waals surface area contributed by atoms with Crippen molar-refractivity contribution in [3.05, 3.63) is 29.8 Å². The van der Waals surface area contributed by atoms with Crippen LogP contribution >= 0.6 is 0 Å². The molecule has 65 heavy (non-hydrogen) atoms. The number of amides is 8. The highest BCUT2D eigenvalue weighted by molar-refractivity contribution is 5.97. The minimum atomic E-state index is -1.62. The minimum absolute atomic E-state index is 0.0423. The summed E-state index contributed by atoms with van der Waals surface area (Å²) < 4.78 is 0. The number of carbonyl (C=O) groups excluding carboxylic acids is 8. The van der Waals surface area contributed by atoms with Crippen molar-refractivity contribution in [3.63, 3.8) is 0 Å². The summed E-state index contributed by atoms with van der Waals surface area (Å²) in [6.45, 7) is 12.1. The fourth-order valence-corrected chi connectivity index (χ4v) is 6.32. The topological polar surface area (TPSA) is 363 Å². The van der Waals surface area contributed by atoms with E-state index in [0.29, 0.717) is 24.9 Å². The molecular formula is C43H72N10O12. The quantitative estimate of drug-likeness (QED) is 0.0379. The van der Waals surface area contributed by atoms with E-state index in [1.165, 1.54) is 26.0 Å². The van der Waals surface area contributed by atoms with Crippen molar-refractivity contribution in [3.8, 4) is 5.75 Å². The highest BCUT2D eigenvalue weighted by Crippen LogP contribution is 2.13. The van der Waals surface area contributed by atoms with Gasteiger partial charge in [0.15, 0.2) is 0 Å². The van der Waals surface area contributed by atoms with E-state index in [9.17, 15) is 58.5 Å². The van der Waals surface area contributed by atoms with Crippen molar-refractivity contribution >= 4 is 53.2 Å². The lowest BCUT2D eigenvalue weighted by atomic mass is 10.0. The first-order valence-corrected chi connectivity index (χ1v) is 21.9. The molecule has 8 atom stereocenters. The molecular weight excluding hydrogens is 849 g/mol. The van der Waals surface area contributed by atoms with E-state index in [4.69, 9.17) is 11.5 Å². The van der Waals surface area contributed by atoms with Crippen molar-refractivity contribution in [2.75, 3.05) is 19.6 Å². The van der Waals surface area contributed by atoms with Gasteiger partial charge in [0.05, 0.1) is 25.2 Å². The van der Waals surface area contributed by atoms with Crippen LogP contribution in [-0.4, -0.2) is 137 Å². The fourth-order valence-electron chi connectivity index (χ4n) is 6.32. The van der Waals surface area contributed by atoms with E-state index >= 15 is 0 Å². The predicted molar refractivity (Wildman–Crippen MR) is 239 cm³/mol. The average Bonchev–Trinajstić information content (AvgIpc) is 3.21. The van der Waals surface area contributed by atoms with Crippen molar-refractivity contribution < 1.29 is 58.5 Å². The Bertz CT molecular complexity index is 1760. The molecule has 366 valence electrons. The second-order valence-electron chi connectivity index (χ2n) is 17.3. The molecule has 0 radical (unpaired) electrons. The van der Waals surface area contributed by atoms with Gasteiger partial charge in [-0.15, -0.1) is 0 Å². The van der Waals surface area contributed by atoms with Gasteiger partial charge in [0.2, 0.25) is 47.3 Å². The summed E-state index contributed by atoms with van der Waals surface area (Å²) in [6, 6.07) is -2.47. The minimum Gasteiger partial charge on any atom is -0.508 e. The van der Waals surface area contributed by atoms with Crippen molar-refractivity contribution in [1.29, 1.82) is 0 Å². The van der Waals surface area contributed by atoms with Gasteiger partial charge >= 0.3 is 5.97 Å². The fraction of sp³-hybridized carbons (Fsp3) is 0.651. The third-order valence-corrected chi connectivity index (χ3v) is 9.92. The van der Waals surface area contributed by atoms with Crippen LogP contribution in [0.2, 0.25) is 0 Å². The second kappa shape index (κ2) is 28.8. The lowest BCUT2D eigenvalue weighted by molar-refractivity contribution is -0.143. The zero-order valence-electron chi connectivity index (χ0n) is 38.7. The van der Waals surface area contributed by atoms with Crippen LogP contribution in [0, 0.1) is 17.8 Å². The Hall–Kier alpha value is -5.87. The number of carboxylic acid groups (broad SMARTS) is 1. The number of unbranched alkanes of at least 4 members (excludes halogenated alkanes) is 1. The molecule has 0 spiro atoms. The molecule has 0 bridgehead atoms. The third kappa shape index (κ3) is 22.1. The van der Waals surface area contributed by atoms with Crippen LogP contribution in [0.25, 0.3) is 0 Å². The number of aliphatic carboxylic acids is 1. The molecule has 0 aliphatic carbocycles. The number of nitrogens with one attached hydrogen (secondary N) is 8. The molecule has 0 fully saturated rings. The highest BCUT2D eigenvalue weighted by atomic mass is 16.4. The molecule has 0 heterocycles. The van der Waals surface area contributed by atoms with Crippen molar-refractivity contribution in [2.45, 2.75) is 142 Å². The first-order chi connectivity index (χ1) is 30.4. The Kier molecular flexibility index (Phi) is 25.3. The number of aliphatic hydroxyl groups is 1. The maximum absolute atomic E-state index is 13.7. The van der Waals surface area contributed by atoms with Crippen LogP contribution in [0.5, 0.6) is 5.75 Å². The summed E-state index contributed by atoms with van der Waals surface area (Å²) in [4.78, 5) is 116. The molecule has 8 amide bonds. The van der Waals surface area contributed by atoms with E-state index in [1.54, 1.807) is 39.8 Å². The smallest absolute Gasteiger partial charge is 0.326 e. The number of benzene rings is 1. The van der Waals surface area contributed by atoms with Gasteiger partial charge in [-0.2, -0.15) is 0 Å². The largest absolute Gasteiger partial charge is 0.508 e. The van der Waals surface area contributed by atoms with Crippen LogP contribution in [0.4, 0.5) is 0 Å². The van der Waals surface area contributed by atoms with E-state index < -0.39 is 121 Å². The SMILES string of the molecule is CC(C)C[C@H](NC(=O)[C@@H](NC(=O)[C@H](C)NC(=O)CNC(=O)[C@H](CC(C)C)NC(=O)[C@@H](N)Cc1ccc(O)cc1)[C@@H](C)O)C(=O)N[C@@H](CCCCN)C(=O)NCC(=O)N[C@H](C(=O)O)C(C)C. The normalized spacial score (nSPS) is 14.9. The molecule has 22 nitrogen and oxygen atoms in total. The molecule has 0 aliphatic heterocycles. The molecule has 1 rings (SSSR count). The molecule has 1 aromatic rings. The Morgan fingerprint density at radius 3 is 1.57 bits per heavy atom. The zero-order valence-corrected chi connectivity index (χ0v) is 38.7. The predicted octanol–water partition coefficient (Wildman–Crippen LogP) is -2.23. The molecule has 0 saturated heterocycles. The van der Waals surface area contributed by atoms with E-state index in [2.05, 4.69) is 42.5 Å². The zero-order chi connectivity index (χ0) is 49.6. The summed E-state index contributed by atoms with van der Waals surface area (Å²) in [5.74, 6) is -8.06. The molecule has 0 unspecified atom stereocenters. The van der Waals surface area contributed by atoms with Crippen LogP contribution in [0.1, 0.15) is 93.1 Å². The van der Waals surface area contributed by atoms with Crippen LogP contribution in [-0.2, 0) is 49.6 Å². The molecule has 15 N–H and O–H groups in total. The van der Waals surface area contributed by atoms with E-state index in [0.717, 1.165) is 0 Å². The summed E-state index contributed by atoms with van der Waals surface area (Å²) in [7, 11) is 0. The number of aliphatic hydroxyl groups excluding tert-OH is 1. The molecule has 0 aromatic heterocycles. The monoisotopic (exact) mass is 921 g/mol. The highest BCUT2D eigenvalue weighted by Gasteiger charge is 2.34. The van der Waals surface area contributed by atoms with Gasteiger partial charge in [-0.3, -0.25) is 38.4 Å². The van der Waals surface area contributed by atoms with Crippen LogP contribution in [0.3, 0.4) is 0 Å². The van der Waals surface area contributed by atoms with Gasteiger partial charge in [-0.1, -0.05) is 53.7 Å². The number of nitrogens with two attached hydrogens (primary N) is 2. The van der Waals surface area contributed by atoms with Crippen LogP contribution < -0.4 is 54.0 Å². The number of rotatable bonds is 29. The third-order valence-electron chi connectivity index (χ3n) is 9.92. The molecule has 22 heteroatoms. The Morgan fingerprint density at radius 1 is 0.585 bits per heavy atom. The average molecular weight is 921 g/mol. The number of phenols is 1. The maximum Gasteiger partial charge on any atom is 0.326 e. The van der Waals surface area contributed by atoms with Crippen molar-refractivity contribution in [1.82, 2.24) is 42.5 Å². The lowest BCUT2D eigenvalue weighted by Gasteiger charge is -2.28. The second-order valence-corrected chi connectivity index (χ2v) is 17.3. The summed E-state index contributed by atoms with van der Waals surface area (Å²) in [5, 5.41) is 49.1. The van der Waals surface area contributed by atoms with Crippen molar-refractivity contribution in [2.24, 2.45) is 29.2 Å². The number of aromatic hydroxyl groups is 1. The summed E-state index contributed by atoms with van der Waals surface area (Å²) in [5.41, 5.74) is 12.4. The first-order valence-electron chi connectivity index (χ1n) is 21.9. The number of carboxylic acids is 1. The molecule has 1 aromatic carbocycles. The first kappa shape index (κ1) is 57.1. The number of carbonyl (C=O) groups is 9. The Balaban J connectivity index is 2.96. The number of phenolic OH excluding ortho intramolecular Hbond substituents is 1.